The first kappa shape index (κ1) is 24.9. The fraction of sp³-hybridized carbons (Fsp3) is 0.400. The molecule has 35 heavy (non-hydrogen) atoms. The Hall–Kier alpha value is -3.24. The fourth-order valence-electron chi connectivity index (χ4n) is 4.64. The van der Waals surface area contributed by atoms with Crippen LogP contribution in [0.1, 0.15) is 37.6 Å². The summed E-state index contributed by atoms with van der Waals surface area (Å²) >= 11 is 0. The number of nitrogens with zero attached hydrogens (tertiary/aromatic N) is 2. The van der Waals surface area contributed by atoms with Crippen molar-refractivity contribution in [2.24, 2.45) is 11.8 Å². The predicted octanol–water partition coefficient (Wildman–Crippen LogP) is 2.88. The molecule has 4 rings (SSSR count). The first-order valence-electron chi connectivity index (χ1n) is 11.6. The Morgan fingerprint density at radius 2 is 1.66 bits per heavy atom. The molecule has 2 amide bonds. The van der Waals surface area contributed by atoms with E-state index in [0.717, 1.165) is 6.42 Å². The summed E-state index contributed by atoms with van der Waals surface area (Å²) in [5.74, 6) is -1.08. The molecule has 2 aliphatic rings. The Labute approximate surface area is 205 Å². The number of rotatable bonds is 5. The smallest absolute Gasteiger partial charge is 0.338 e. The van der Waals surface area contributed by atoms with Gasteiger partial charge in [-0.2, -0.15) is 4.31 Å². The van der Waals surface area contributed by atoms with Crippen LogP contribution in [-0.2, 0) is 24.3 Å². The Bertz CT molecular complexity index is 1230. The SMILES string of the molecule is CC1CC(C)CN(S(=O)(=O)c2ccc(C(=O)OC(C)C(=O)N3CC(=O)Nc4ccccc43)cc2)C1. The van der Waals surface area contributed by atoms with E-state index in [2.05, 4.69) is 5.32 Å². The Kier molecular flexibility index (Phi) is 6.95. The molecule has 2 aromatic carbocycles. The summed E-state index contributed by atoms with van der Waals surface area (Å²) in [7, 11) is -3.67. The fourth-order valence-corrected chi connectivity index (χ4v) is 6.32. The standard InChI is InChI=1S/C25H29N3O6S/c1-16-12-17(2)14-27(13-16)35(32,33)20-10-8-19(9-11-20)25(31)34-18(3)24(30)28-15-23(29)26-21-6-4-5-7-22(21)28/h4-11,16-18H,12-15H2,1-3H3,(H,26,29). The van der Waals surface area contributed by atoms with Crippen molar-refractivity contribution in [1.82, 2.24) is 4.31 Å². The van der Waals surface area contributed by atoms with Gasteiger partial charge in [-0.05, 0) is 61.6 Å². The molecule has 0 aliphatic carbocycles. The summed E-state index contributed by atoms with van der Waals surface area (Å²) < 4.78 is 33.0. The summed E-state index contributed by atoms with van der Waals surface area (Å²) in [5.41, 5.74) is 1.15. The molecule has 1 N–H and O–H groups in total. The predicted molar refractivity (Wildman–Crippen MR) is 130 cm³/mol. The Morgan fingerprint density at radius 1 is 1.03 bits per heavy atom. The number of carbonyl (C=O) groups excluding carboxylic acids is 3. The number of ether oxygens (including phenoxy) is 1. The minimum absolute atomic E-state index is 0.107. The molecule has 9 nitrogen and oxygen atoms in total. The van der Waals surface area contributed by atoms with Crippen molar-refractivity contribution in [3.05, 3.63) is 54.1 Å². The van der Waals surface area contributed by atoms with Crippen molar-refractivity contribution in [2.75, 3.05) is 29.9 Å². The number of piperidine rings is 1. The zero-order valence-electron chi connectivity index (χ0n) is 19.9. The van der Waals surface area contributed by atoms with Gasteiger partial charge in [-0.15, -0.1) is 0 Å². The highest BCUT2D eigenvalue weighted by molar-refractivity contribution is 7.89. The number of nitrogens with one attached hydrogen (secondary N) is 1. The zero-order valence-corrected chi connectivity index (χ0v) is 20.7. The number of fused-ring (bicyclic) bond motifs is 1. The maximum absolute atomic E-state index is 13.1. The number of para-hydroxylation sites is 2. The summed E-state index contributed by atoms with van der Waals surface area (Å²) in [6.07, 6.45) is -0.164. The topological polar surface area (TPSA) is 113 Å². The lowest BCUT2D eigenvalue weighted by atomic mass is 9.94. The van der Waals surface area contributed by atoms with Crippen LogP contribution in [0.25, 0.3) is 0 Å². The molecule has 1 saturated heterocycles. The molecule has 2 aromatic rings. The number of carbonyl (C=O) groups is 3. The van der Waals surface area contributed by atoms with E-state index in [1.165, 1.54) is 40.4 Å². The Balaban J connectivity index is 1.44. The number of benzene rings is 2. The monoisotopic (exact) mass is 499 g/mol. The third-order valence-electron chi connectivity index (χ3n) is 6.23. The largest absolute Gasteiger partial charge is 0.449 e. The van der Waals surface area contributed by atoms with Gasteiger partial charge in [0, 0.05) is 13.1 Å². The van der Waals surface area contributed by atoms with E-state index in [9.17, 15) is 22.8 Å². The van der Waals surface area contributed by atoms with Crippen molar-refractivity contribution in [1.29, 1.82) is 0 Å². The highest BCUT2D eigenvalue weighted by Gasteiger charge is 2.33. The lowest BCUT2D eigenvalue weighted by molar-refractivity contribution is -0.128. The second-order valence-corrected chi connectivity index (χ2v) is 11.3. The first-order chi connectivity index (χ1) is 16.6. The van der Waals surface area contributed by atoms with Crippen molar-refractivity contribution in [3.63, 3.8) is 0 Å². The van der Waals surface area contributed by atoms with Gasteiger partial charge in [-0.1, -0.05) is 26.0 Å². The van der Waals surface area contributed by atoms with E-state index in [1.807, 2.05) is 13.8 Å². The van der Waals surface area contributed by atoms with E-state index in [-0.39, 0.29) is 34.7 Å². The van der Waals surface area contributed by atoms with Crippen LogP contribution < -0.4 is 10.2 Å². The van der Waals surface area contributed by atoms with E-state index >= 15 is 0 Å². The normalized spacial score (nSPS) is 21.6. The molecule has 0 saturated carbocycles. The number of hydrogen-bond donors (Lipinski definition) is 1. The molecule has 0 aromatic heterocycles. The maximum Gasteiger partial charge on any atom is 0.338 e. The van der Waals surface area contributed by atoms with Gasteiger partial charge >= 0.3 is 5.97 Å². The third kappa shape index (κ3) is 5.23. The maximum atomic E-state index is 13.1. The van der Waals surface area contributed by atoms with Gasteiger partial charge in [-0.25, -0.2) is 13.2 Å². The molecule has 10 heteroatoms. The zero-order chi connectivity index (χ0) is 25.3. The van der Waals surface area contributed by atoms with Crippen molar-refractivity contribution < 1.29 is 27.5 Å². The lowest BCUT2D eigenvalue weighted by Gasteiger charge is -2.34. The lowest BCUT2D eigenvalue weighted by Crippen LogP contribution is -2.47. The summed E-state index contributed by atoms with van der Waals surface area (Å²) in [4.78, 5) is 39.0. The molecule has 0 bridgehead atoms. The van der Waals surface area contributed by atoms with Crippen LogP contribution in [-0.4, -0.2) is 56.2 Å². The molecule has 0 spiro atoms. The molecule has 0 radical (unpaired) electrons. The summed E-state index contributed by atoms with van der Waals surface area (Å²) in [6, 6.07) is 12.4. The average molecular weight is 500 g/mol. The number of hydrogen-bond acceptors (Lipinski definition) is 6. The van der Waals surface area contributed by atoms with Gasteiger partial charge in [-0.3, -0.25) is 14.5 Å². The van der Waals surface area contributed by atoms with Crippen LogP contribution in [0.2, 0.25) is 0 Å². The van der Waals surface area contributed by atoms with E-state index in [1.54, 1.807) is 24.3 Å². The van der Waals surface area contributed by atoms with Gasteiger partial charge in [0.2, 0.25) is 15.9 Å². The molecular formula is C25H29N3O6S. The van der Waals surface area contributed by atoms with Crippen LogP contribution in [0, 0.1) is 11.8 Å². The van der Waals surface area contributed by atoms with Gasteiger partial charge < -0.3 is 10.1 Å². The molecule has 3 atom stereocenters. The second kappa shape index (κ2) is 9.79. The van der Waals surface area contributed by atoms with Gasteiger partial charge in [0.25, 0.3) is 5.91 Å². The first-order valence-corrected chi connectivity index (χ1v) is 13.0. The quantitative estimate of drug-likeness (QED) is 0.633. The Morgan fingerprint density at radius 3 is 2.31 bits per heavy atom. The third-order valence-corrected chi connectivity index (χ3v) is 8.08. The average Bonchev–Trinajstić information content (AvgIpc) is 2.82. The number of esters is 1. The molecule has 186 valence electrons. The van der Waals surface area contributed by atoms with Gasteiger partial charge in [0.1, 0.15) is 6.54 Å². The van der Waals surface area contributed by atoms with Crippen molar-refractivity contribution in [3.8, 4) is 0 Å². The van der Waals surface area contributed by atoms with Crippen LogP contribution in [0.3, 0.4) is 0 Å². The summed E-state index contributed by atoms with van der Waals surface area (Å²) in [5, 5.41) is 2.70. The molecular weight excluding hydrogens is 470 g/mol. The van der Waals surface area contributed by atoms with Crippen LogP contribution >= 0.6 is 0 Å². The molecule has 2 heterocycles. The minimum Gasteiger partial charge on any atom is -0.449 e. The number of amides is 2. The van der Waals surface area contributed by atoms with Crippen LogP contribution in [0.4, 0.5) is 11.4 Å². The van der Waals surface area contributed by atoms with Gasteiger partial charge in [0.05, 0.1) is 21.8 Å². The van der Waals surface area contributed by atoms with Crippen LogP contribution in [0.15, 0.2) is 53.4 Å². The highest BCUT2D eigenvalue weighted by Crippen LogP contribution is 2.30. The molecule has 2 aliphatic heterocycles. The highest BCUT2D eigenvalue weighted by atomic mass is 32.2. The second-order valence-electron chi connectivity index (χ2n) is 9.33. The van der Waals surface area contributed by atoms with Crippen molar-refractivity contribution >= 4 is 39.2 Å². The summed E-state index contributed by atoms with van der Waals surface area (Å²) in [6.45, 7) is 6.26. The number of anilines is 2. The van der Waals surface area contributed by atoms with Crippen LogP contribution in [0.5, 0.6) is 0 Å². The van der Waals surface area contributed by atoms with E-state index in [4.69, 9.17) is 4.74 Å². The van der Waals surface area contributed by atoms with Gasteiger partial charge in [0.15, 0.2) is 6.10 Å². The molecule has 1 fully saturated rings. The number of sulfonamides is 1. The van der Waals surface area contributed by atoms with E-state index in [0.29, 0.717) is 24.5 Å². The van der Waals surface area contributed by atoms with E-state index < -0.39 is 28.0 Å². The van der Waals surface area contributed by atoms with Crippen molar-refractivity contribution in [2.45, 2.75) is 38.2 Å². The molecule has 3 unspecified atom stereocenters. The minimum atomic E-state index is -3.67.